The van der Waals surface area contributed by atoms with Crippen molar-refractivity contribution in [2.45, 2.75) is 25.2 Å². The van der Waals surface area contributed by atoms with Crippen molar-refractivity contribution in [2.24, 2.45) is 0 Å². The van der Waals surface area contributed by atoms with Crippen LogP contribution in [0.1, 0.15) is 34.7 Å². The summed E-state index contributed by atoms with van der Waals surface area (Å²) < 4.78 is 1.77. The fourth-order valence-corrected chi connectivity index (χ4v) is 3.48. The molecule has 1 aliphatic rings. The van der Waals surface area contributed by atoms with Gasteiger partial charge in [-0.25, -0.2) is 0 Å². The van der Waals surface area contributed by atoms with E-state index in [1.165, 1.54) is 5.56 Å². The van der Waals surface area contributed by atoms with Crippen LogP contribution in [0.15, 0.2) is 49.1 Å². The summed E-state index contributed by atoms with van der Waals surface area (Å²) in [5.74, 6) is 0.525. The molecule has 0 atom stereocenters. The lowest BCUT2D eigenvalue weighted by atomic mass is 9.91. The van der Waals surface area contributed by atoms with Gasteiger partial charge in [-0.3, -0.25) is 19.3 Å². The summed E-state index contributed by atoms with van der Waals surface area (Å²) in [6.07, 6.45) is 9.81. The van der Waals surface area contributed by atoms with E-state index in [1.54, 1.807) is 17.0 Å². The first-order valence-corrected chi connectivity index (χ1v) is 8.42. The predicted octanol–water partition coefficient (Wildman–Crippen LogP) is 2.78. The van der Waals surface area contributed by atoms with Gasteiger partial charge in [0, 0.05) is 24.8 Å². The summed E-state index contributed by atoms with van der Waals surface area (Å²) in [6.45, 7) is 2.04. The molecule has 4 rings (SSSR count). The number of fused-ring (bicyclic) bond motifs is 1. The van der Waals surface area contributed by atoms with Crippen molar-refractivity contribution in [3.63, 3.8) is 0 Å². The molecule has 3 aromatic heterocycles. The van der Waals surface area contributed by atoms with E-state index in [2.05, 4.69) is 15.3 Å². The van der Waals surface area contributed by atoms with Crippen LogP contribution in [0.5, 0.6) is 0 Å². The van der Waals surface area contributed by atoms with E-state index in [0.29, 0.717) is 12.3 Å². The highest BCUT2D eigenvalue weighted by Gasteiger charge is 2.22. The fraction of sp³-hybridized carbons (Fsp3) is 0.316. The van der Waals surface area contributed by atoms with Crippen LogP contribution >= 0.6 is 0 Å². The van der Waals surface area contributed by atoms with Crippen molar-refractivity contribution in [3.8, 4) is 0 Å². The van der Waals surface area contributed by atoms with Crippen LogP contribution in [0, 0.1) is 0 Å². The van der Waals surface area contributed by atoms with Crippen molar-refractivity contribution < 1.29 is 4.79 Å². The first-order chi connectivity index (χ1) is 11.8. The second-order valence-corrected chi connectivity index (χ2v) is 6.28. The number of nitrogens with one attached hydrogen (secondary N) is 1. The van der Waals surface area contributed by atoms with Gasteiger partial charge in [0.15, 0.2) is 0 Å². The highest BCUT2D eigenvalue weighted by atomic mass is 16.2. The highest BCUT2D eigenvalue weighted by Crippen LogP contribution is 2.31. The van der Waals surface area contributed by atoms with E-state index < -0.39 is 0 Å². The van der Waals surface area contributed by atoms with Crippen molar-refractivity contribution in [2.75, 3.05) is 13.1 Å². The first kappa shape index (κ1) is 15.0. The highest BCUT2D eigenvalue weighted by molar-refractivity contribution is 5.93. The van der Waals surface area contributed by atoms with E-state index >= 15 is 0 Å². The van der Waals surface area contributed by atoms with Gasteiger partial charge >= 0.3 is 0 Å². The molecule has 1 fully saturated rings. The van der Waals surface area contributed by atoms with Gasteiger partial charge in [0.2, 0.25) is 5.91 Å². The number of carbonyl (C=O) groups excluding carboxylic acids is 1. The summed E-state index contributed by atoms with van der Waals surface area (Å²) in [6, 6.07) is 7.66. The van der Waals surface area contributed by atoms with E-state index in [0.717, 1.165) is 42.5 Å². The molecule has 1 saturated heterocycles. The third kappa shape index (κ3) is 2.83. The van der Waals surface area contributed by atoms with Crippen LogP contribution in [-0.4, -0.2) is 33.5 Å². The van der Waals surface area contributed by atoms with Crippen LogP contribution in [0.3, 0.4) is 0 Å². The molecular formula is C19H20N4O. The molecule has 0 amide bonds. The van der Waals surface area contributed by atoms with Gasteiger partial charge in [-0.15, -0.1) is 0 Å². The van der Waals surface area contributed by atoms with E-state index in [1.807, 2.05) is 36.7 Å². The average molecular weight is 320 g/mol. The van der Waals surface area contributed by atoms with Gasteiger partial charge in [0.1, 0.15) is 0 Å². The average Bonchev–Trinajstić information content (AvgIpc) is 3.03. The third-order valence-electron chi connectivity index (χ3n) is 4.71. The quantitative estimate of drug-likeness (QED) is 0.806. The maximum absolute atomic E-state index is 12.8. The molecule has 0 aromatic carbocycles. The lowest BCUT2D eigenvalue weighted by Crippen LogP contribution is -2.26. The van der Waals surface area contributed by atoms with Gasteiger partial charge in [0.05, 0.1) is 17.5 Å². The molecule has 5 heteroatoms. The number of aromatic nitrogens is 3. The van der Waals surface area contributed by atoms with E-state index in [-0.39, 0.29) is 5.91 Å². The Kier molecular flexibility index (Phi) is 4.09. The number of piperidine rings is 1. The van der Waals surface area contributed by atoms with Crippen LogP contribution in [-0.2, 0) is 6.42 Å². The van der Waals surface area contributed by atoms with Crippen molar-refractivity contribution in [3.05, 3.63) is 60.2 Å². The normalized spacial score (nSPS) is 15.7. The Balaban J connectivity index is 1.71. The molecular weight excluding hydrogens is 300 g/mol. The van der Waals surface area contributed by atoms with Gasteiger partial charge in [-0.2, -0.15) is 0 Å². The number of nitrogens with zero attached hydrogens (tertiary/aromatic N) is 3. The zero-order chi connectivity index (χ0) is 16.4. The van der Waals surface area contributed by atoms with E-state index in [9.17, 15) is 4.79 Å². The van der Waals surface area contributed by atoms with Crippen molar-refractivity contribution in [1.82, 2.24) is 19.9 Å². The molecule has 24 heavy (non-hydrogen) atoms. The van der Waals surface area contributed by atoms with E-state index in [4.69, 9.17) is 0 Å². The molecule has 3 aromatic rings. The fourth-order valence-electron chi connectivity index (χ4n) is 3.48. The van der Waals surface area contributed by atoms with Crippen LogP contribution < -0.4 is 5.32 Å². The Morgan fingerprint density at radius 3 is 2.83 bits per heavy atom. The third-order valence-corrected chi connectivity index (χ3v) is 4.71. The Hall–Kier alpha value is -2.53. The molecule has 0 spiro atoms. The standard InChI is InChI=1S/C19H20N4O/c24-18(11-14-3-1-7-21-12-14)23-13-16(15-5-9-20-10-6-15)19-17(23)4-2-8-22-19/h1-4,7-8,12-13,15,20H,5-6,9-11H2. The Bertz CT molecular complexity index is 850. The zero-order valence-corrected chi connectivity index (χ0v) is 13.5. The Labute approximate surface area is 140 Å². The summed E-state index contributed by atoms with van der Waals surface area (Å²) in [5.41, 5.74) is 3.99. The SMILES string of the molecule is O=C(Cc1cccnc1)n1cc(C2CCNCC2)c2ncccc21. The lowest BCUT2D eigenvalue weighted by molar-refractivity contribution is 0.0919. The number of hydrogen-bond acceptors (Lipinski definition) is 4. The Morgan fingerprint density at radius 1 is 1.21 bits per heavy atom. The molecule has 0 saturated carbocycles. The molecule has 1 N–H and O–H groups in total. The second-order valence-electron chi connectivity index (χ2n) is 6.28. The number of hydrogen-bond donors (Lipinski definition) is 1. The minimum absolute atomic E-state index is 0.0567. The largest absolute Gasteiger partial charge is 0.317 e. The minimum atomic E-state index is 0.0567. The van der Waals surface area contributed by atoms with Gasteiger partial charge in [-0.1, -0.05) is 6.07 Å². The smallest absolute Gasteiger partial charge is 0.235 e. The number of rotatable bonds is 3. The second kappa shape index (κ2) is 6.53. The lowest BCUT2D eigenvalue weighted by Gasteiger charge is -2.21. The van der Waals surface area contributed by atoms with Gasteiger partial charge in [0.25, 0.3) is 0 Å². The molecule has 122 valence electrons. The molecule has 0 radical (unpaired) electrons. The van der Waals surface area contributed by atoms with Gasteiger partial charge < -0.3 is 5.32 Å². The predicted molar refractivity (Wildman–Crippen MR) is 93.1 cm³/mol. The minimum Gasteiger partial charge on any atom is -0.317 e. The number of carbonyl (C=O) groups is 1. The summed E-state index contributed by atoms with van der Waals surface area (Å²) in [5, 5.41) is 3.39. The molecule has 5 nitrogen and oxygen atoms in total. The van der Waals surface area contributed by atoms with Crippen LogP contribution in [0.2, 0.25) is 0 Å². The summed E-state index contributed by atoms with van der Waals surface area (Å²) in [7, 11) is 0. The molecule has 0 bridgehead atoms. The summed E-state index contributed by atoms with van der Waals surface area (Å²) in [4.78, 5) is 21.5. The Morgan fingerprint density at radius 2 is 2.04 bits per heavy atom. The van der Waals surface area contributed by atoms with Gasteiger partial charge in [-0.05, 0) is 61.2 Å². The van der Waals surface area contributed by atoms with Crippen molar-refractivity contribution >= 4 is 16.9 Å². The molecule has 0 unspecified atom stereocenters. The maximum Gasteiger partial charge on any atom is 0.235 e. The first-order valence-electron chi connectivity index (χ1n) is 8.42. The van der Waals surface area contributed by atoms with Crippen LogP contribution in [0.25, 0.3) is 11.0 Å². The monoisotopic (exact) mass is 320 g/mol. The van der Waals surface area contributed by atoms with Crippen LogP contribution in [0.4, 0.5) is 0 Å². The topological polar surface area (TPSA) is 59.8 Å². The molecule has 4 heterocycles. The van der Waals surface area contributed by atoms with Crippen molar-refractivity contribution in [1.29, 1.82) is 0 Å². The molecule has 0 aliphatic carbocycles. The maximum atomic E-state index is 12.8. The molecule has 1 aliphatic heterocycles. The summed E-state index contributed by atoms with van der Waals surface area (Å²) >= 11 is 0. The zero-order valence-electron chi connectivity index (χ0n) is 13.5. The number of pyridine rings is 2.